The van der Waals surface area contributed by atoms with Crippen molar-refractivity contribution in [2.75, 3.05) is 18.0 Å². The molecule has 3 heterocycles. The summed E-state index contributed by atoms with van der Waals surface area (Å²) in [5.74, 6) is 0.853. The van der Waals surface area contributed by atoms with Gasteiger partial charge in [-0.05, 0) is 67.2 Å². The minimum Gasteiger partial charge on any atom is -0.356 e. The minimum absolute atomic E-state index is 0.0542. The predicted molar refractivity (Wildman–Crippen MR) is 145 cm³/mol. The highest BCUT2D eigenvalue weighted by Gasteiger charge is 2.38. The Morgan fingerprint density at radius 1 is 0.861 bits per heavy atom. The number of halogens is 1. The number of rotatable bonds is 4. The van der Waals surface area contributed by atoms with Crippen molar-refractivity contribution in [1.82, 2.24) is 9.97 Å². The number of benzene rings is 2. The van der Waals surface area contributed by atoms with Crippen molar-refractivity contribution in [3.8, 4) is 0 Å². The van der Waals surface area contributed by atoms with Gasteiger partial charge in [0.1, 0.15) is 18.0 Å². The van der Waals surface area contributed by atoms with Crippen molar-refractivity contribution in [3.63, 3.8) is 0 Å². The van der Waals surface area contributed by atoms with Gasteiger partial charge in [-0.3, -0.25) is 4.99 Å². The Labute approximate surface area is 212 Å². The number of allylic oxidation sites excluding steroid dienone is 3. The zero-order chi connectivity index (χ0) is 24.9. The van der Waals surface area contributed by atoms with Gasteiger partial charge in [-0.2, -0.15) is 0 Å². The van der Waals surface area contributed by atoms with Crippen LogP contribution in [0.4, 0.5) is 10.2 Å². The number of fused-ring (bicyclic) bond motifs is 1. The van der Waals surface area contributed by atoms with Crippen LogP contribution in [-0.2, 0) is 6.42 Å². The second-order valence-corrected chi connectivity index (χ2v) is 10.6. The fourth-order valence-electron chi connectivity index (χ4n) is 5.74. The minimum atomic E-state index is -0.201. The van der Waals surface area contributed by atoms with E-state index < -0.39 is 0 Å². The van der Waals surface area contributed by atoms with Gasteiger partial charge in [0.15, 0.2) is 0 Å². The molecular formula is C31H31FN4. The third-order valence-corrected chi connectivity index (χ3v) is 8.18. The van der Waals surface area contributed by atoms with Gasteiger partial charge < -0.3 is 4.90 Å². The zero-order valence-corrected chi connectivity index (χ0v) is 21.2. The molecule has 2 aromatic carbocycles. The summed E-state index contributed by atoms with van der Waals surface area (Å²) in [6.45, 7) is 8.43. The number of nitrogens with zero attached hydrogens (tertiary/aromatic N) is 4. The molecule has 1 aliphatic carbocycles. The largest absolute Gasteiger partial charge is 0.356 e. The lowest BCUT2D eigenvalue weighted by atomic mass is 9.74. The molecule has 0 atom stereocenters. The number of aromatic nitrogens is 2. The summed E-state index contributed by atoms with van der Waals surface area (Å²) in [6.07, 6.45) is 7.77. The van der Waals surface area contributed by atoms with E-state index in [-0.39, 0.29) is 11.2 Å². The van der Waals surface area contributed by atoms with Crippen molar-refractivity contribution in [3.05, 3.63) is 94.3 Å². The van der Waals surface area contributed by atoms with E-state index in [1.807, 2.05) is 12.1 Å². The molecule has 4 nitrogen and oxygen atoms in total. The number of piperidine rings is 1. The Morgan fingerprint density at radius 2 is 1.56 bits per heavy atom. The highest BCUT2D eigenvalue weighted by atomic mass is 19.1. The van der Waals surface area contributed by atoms with Crippen LogP contribution >= 0.6 is 0 Å². The van der Waals surface area contributed by atoms with Crippen molar-refractivity contribution in [2.24, 2.45) is 10.4 Å². The maximum atomic E-state index is 13.4. The van der Waals surface area contributed by atoms with Gasteiger partial charge in [-0.1, -0.05) is 48.9 Å². The molecule has 0 amide bonds. The van der Waals surface area contributed by atoms with E-state index in [0.717, 1.165) is 61.5 Å². The van der Waals surface area contributed by atoms with Gasteiger partial charge >= 0.3 is 0 Å². The molecule has 1 saturated heterocycles. The lowest BCUT2D eigenvalue weighted by molar-refractivity contribution is 0.351. The summed E-state index contributed by atoms with van der Waals surface area (Å²) in [5.41, 5.74) is 10.8. The fraction of sp³-hybridized carbons (Fsp3) is 0.323. The summed E-state index contributed by atoms with van der Waals surface area (Å²) in [4.78, 5) is 16.8. The Balaban J connectivity index is 1.18. The molecule has 0 bridgehead atoms. The van der Waals surface area contributed by atoms with Crippen LogP contribution in [0.5, 0.6) is 0 Å². The summed E-state index contributed by atoms with van der Waals surface area (Å²) in [6, 6.07) is 15.5. The van der Waals surface area contributed by atoms with Crippen LogP contribution in [0, 0.1) is 18.2 Å². The fourth-order valence-corrected chi connectivity index (χ4v) is 5.74. The van der Waals surface area contributed by atoms with Crippen LogP contribution in [0.15, 0.2) is 65.5 Å². The van der Waals surface area contributed by atoms with E-state index in [0.29, 0.717) is 0 Å². The van der Waals surface area contributed by atoms with Crippen molar-refractivity contribution in [2.45, 2.75) is 46.5 Å². The average Bonchev–Trinajstić information content (AvgIpc) is 3.50. The molecule has 1 aromatic heterocycles. The van der Waals surface area contributed by atoms with Gasteiger partial charge in [0, 0.05) is 48.3 Å². The van der Waals surface area contributed by atoms with Crippen molar-refractivity contribution < 1.29 is 4.39 Å². The first kappa shape index (κ1) is 22.8. The third-order valence-electron chi connectivity index (χ3n) is 8.18. The first-order valence-corrected chi connectivity index (χ1v) is 12.8. The molecule has 36 heavy (non-hydrogen) atoms. The second-order valence-electron chi connectivity index (χ2n) is 10.6. The SMILES string of the molecule is CC1=C(c2ccc(F)cc2)CC(C2(C)CCN(c3ncnc4c3C=C(c3ccc(C)cc3)C4)CC2)=N1. The summed E-state index contributed by atoms with van der Waals surface area (Å²) in [5, 5.41) is 0. The first-order valence-electron chi connectivity index (χ1n) is 12.8. The third kappa shape index (κ3) is 4.06. The summed E-state index contributed by atoms with van der Waals surface area (Å²) < 4.78 is 13.4. The van der Waals surface area contributed by atoms with E-state index in [1.165, 1.54) is 45.7 Å². The van der Waals surface area contributed by atoms with Crippen LogP contribution in [0.2, 0.25) is 0 Å². The normalized spacial score (nSPS) is 18.8. The molecule has 2 aliphatic heterocycles. The molecule has 0 radical (unpaired) electrons. The Hall–Kier alpha value is -3.60. The predicted octanol–water partition coefficient (Wildman–Crippen LogP) is 6.90. The van der Waals surface area contributed by atoms with E-state index >= 15 is 0 Å². The zero-order valence-electron chi connectivity index (χ0n) is 21.2. The number of hydrogen-bond acceptors (Lipinski definition) is 4. The van der Waals surface area contributed by atoms with Crippen molar-refractivity contribution in [1.29, 1.82) is 0 Å². The molecule has 1 fully saturated rings. The van der Waals surface area contributed by atoms with Gasteiger partial charge in [0.2, 0.25) is 0 Å². The topological polar surface area (TPSA) is 41.4 Å². The molecule has 0 saturated carbocycles. The van der Waals surface area contributed by atoms with Crippen LogP contribution < -0.4 is 4.90 Å². The maximum Gasteiger partial charge on any atom is 0.139 e. The first-order chi connectivity index (χ1) is 17.4. The number of anilines is 1. The van der Waals surface area contributed by atoms with E-state index in [9.17, 15) is 4.39 Å². The molecule has 0 unspecified atom stereocenters. The van der Waals surface area contributed by atoms with Gasteiger partial charge in [0.05, 0.1) is 5.69 Å². The standard InChI is InChI=1S/C31H31FN4/c1-20-4-6-22(7-5-20)24-16-27-28(17-24)33-19-34-30(27)36-14-12-31(3,13-15-36)29-18-26(21(2)35-29)23-8-10-25(32)11-9-23/h4-11,16,19H,12-15,17-18H2,1-3H3. The smallest absolute Gasteiger partial charge is 0.139 e. The second kappa shape index (κ2) is 8.81. The lowest BCUT2D eigenvalue weighted by Gasteiger charge is -2.40. The maximum absolute atomic E-state index is 13.4. The molecule has 3 aromatic rings. The van der Waals surface area contributed by atoms with E-state index in [1.54, 1.807) is 6.33 Å². The Morgan fingerprint density at radius 3 is 2.28 bits per heavy atom. The van der Waals surface area contributed by atoms with E-state index in [2.05, 4.69) is 61.0 Å². The molecular weight excluding hydrogens is 447 g/mol. The summed E-state index contributed by atoms with van der Waals surface area (Å²) >= 11 is 0. The van der Waals surface area contributed by atoms with Crippen molar-refractivity contribution >= 4 is 28.8 Å². The van der Waals surface area contributed by atoms with Gasteiger partial charge in [0.25, 0.3) is 0 Å². The quantitative estimate of drug-likeness (QED) is 0.409. The van der Waals surface area contributed by atoms with Crippen LogP contribution in [0.25, 0.3) is 17.2 Å². The molecule has 0 spiro atoms. The van der Waals surface area contributed by atoms with Crippen LogP contribution in [0.3, 0.4) is 0 Å². The summed E-state index contributed by atoms with van der Waals surface area (Å²) in [7, 11) is 0. The Kier molecular flexibility index (Phi) is 5.59. The lowest BCUT2D eigenvalue weighted by Crippen LogP contribution is -2.43. The molecule has 5 heteroatoms. The monoisotopic (exact) mass is 478 g/mol. The highest BCUT2D eigenvalue weighted by molar-refractivity contribution is 6.03. The highest BCUT2D eigenvalue weighted by Crippen LogP contribution is 2.43. The number of aliphatic imine (C=N–C) groups is 1. The van der Waals surface area contributed by atoms with E-state index in [4.69, 9.17) is 9.98 Å². The Bertz CT molecular complexity index is 1410. The van der Waals surface area contributed by atoms with Crippen LogP contribution in [-0.4, -0.2) is 28.8 Å². The van der Waals surface area contributed by atoms with Crippen LogP contribution in [0.1, 0.15) is 61.1 Å². The van der Waals surface area contributed by atoms with Gasteiger partial charge in [-0.25, -0.2) is 14.4 Å². The van der Waals surface area contributed by atoms with Gasteiger partial charge in [-0.15, -0.1) is 0 Å². The molecule has 3 aliphatic rings. The molecule has 182 valence electrons. The number of hydrogen-bond donors (Lipinski definition) is 0. The average molecular weight is 479 g/mol. The molecule has 6 rings (SSSR count). The number of aryl methyl sites for hydroxylation is 1. The molecule has 0 N–H and O–H groups in total.